The molecule has 0 aliphatic carbocycles. The maximum Gasteiger partial charge on any atom is 0.194 e. The van der Waals surface area contributed by atoms with Crippen LogP contribution in [-0.4, -0.2) is 69.8 Å². The van der Waals surface area contributed by atoms with E-state index < -0.39 is 60.3 Å². The van der Waals surface area contributed by atoms with Crippen LogP contribution in [0.4, 0.5) is 17.6 Å². The Morgan fingerprint density at radius 2 is 1.68 bits per heavy atom. The summed E-state index contributed by atoms with van der Waals surface area (Å²) in [6, 6.07) is 3.25. The summed E-state index contributed by atoms with van der Waals surface area (Å²) in [6.45, 7) is 2.71. The van der Waals surface area contributed by atoms with Gasteiger partial charge in [-0.2, -0.15) is 10.2 Å². The second-order valence-corrected chi connectivity index (χ2v) is 10.9. The lowest BCUT2D eigenvalue weighted by Gasteiger charge is -2.41. The number of aromatic nitrogens is 6. The van der Waals surface area contributed by atoms with E-state index in [2.05, 4.69) is 20.2 Å². The van der Waals surface area contributed by atoms with Crippen LogP contribution in [0.25, 0.3) is 27.0 Å². The summed E-state index contributed by atoms with van der Waals surface area (Å²) in [5, 5.41) is 41.6. The highest BCUT2D eigenvalue weighted by Gasteiger charge is 2.48. The summed E-state index contributed by atoms with van der Waals surface area (Å²) >= 11 is 1.29. The van der Waals surface area contributed by atoms with Crippen LogP contribution in [0, 0.1) is 37.1 Å². The SMILES string of the molecule is Cc1nc([C@@H]2OC(CO)[C@H](O)C(n3cc(-c4cc(F)c(F)c(F)c4)cn3)[C@@H]2O)n(-c2cc(F)c3nc(C)sc3c2)n1. The molecule has 1 saturated heterocycles. The van der Waals surface area contributed by atoms with E-state index in [1.165, 1.54) is 39.2 Å². The van der Waals surface area contributed by atoms with Crippen molar-refractivity contribution < 1.29 is 37.6 Å². The van der Waals surface area contributed by atoms with Gasteiger partial charge in [-0.3, -0.25) is 4.68 Å². The molecule has 0 bridgehead atoms. The molecule has 10 nitrogen and oxygen atoms in total. The maximum absolute atomic E-state index is 14.9. The van der Waals surface area contributed by atoms with Gasteiger partial charge in [-0.05, 0) is 37.6 Å². The van der Waals surface area contributed by atoms with Gasteiger partial charge in [0, 0.05) is 17.8 Å². The average Bonchev–Trinajstić information content (AvgIpc) is 3.65. The van der Waals surface area contributed by atoms with Crippen molar-refractivity contribution in [2.24, 2.45) is 0 Å². The maximum atomic E-state index is 14.9. The summed E-state index contributed by atoms with van der Waals surface area (Å²) in [6.07, 6.45) is -2.97. The summed E-state index contributed by atoms with van der Waals surface area (Å²) in [4.78, 5) is 8.59. The lowest BCUT2D eigenvalue weighted by atomic mass is 9.92. The van der Waals surface area contributed by atoms with E-state index in [0.717, 1.165) is 12.1 Å². The molecule has 1 aliphatic heterocycles. The van der Waals surface area contributed by atoms with Crippen molar-refractivity contribution in [2.45, 2.75) is 44.3 Å². The van der Waals surface area contributed by atoms with E-state index >= 15 is 0 Å². The molecule has 1 fully saturated rings. The zero-order valence-electron chi connectivity index (χ0n) is 21.4. The molecule has 15 heteroatoms. The van der Waals surface area contributed by atoms with Gasteiger partial charge in [0.2, 0.25) is 0 Å². The fourth-order valence-corrected chi connectivity index (χ4v) is 5.89. The number of rotatable bonds is 5. The number of aliphatic hydroxyl groups excluding tert-OH is 3. The number of nitrogens with zero attached hydrogens (tertiary/aromatic N) is 6. The number of thiazole rings is 1. The number of benzene rings is 2. The molecule has 41 heavy (non-hydrogen) atoms. The Labute approximate surface area is 233 Å². The molecule has 0 amide bonds. The quantitative estimate of drug-likeness (QED) is 0.210. The van der Waals surface area contributed by atoms with E-state index in [4.69, 9.17) is 4.74 Å². The fourth-order valence-electron chi connectivity index (χ4n) is 5.01. The second-order valence-electron chi connectivity index (χ2n) is 9.65. The molecule has 2 unspecified atom stereocenters. The number of halogens is 4. The number of ether oxygens (including phenoxy) is 1. The van der Waals surface area contributed by atoms with Crippen molar-refractivity contribution in [2.75, 3.05) is 6.61 Å². The number of aliphatic hydroxyl groups is 3. The standard InChI is InChI=1S/C26H22F4N6O4S/c1-10-32-26(36(34-10)14-5-17(29)21-19(6-14)41-11(2)33-21)25-24(39)22(23(38)18(9-37)40-25)35-8-13(7-31-35)12-3-15(27)20(30)16(28)4-12/h3-8,18,22-25,37-39H,9H2,1-2H3/t18?,22?,23-,24-,25+/m0/s1. The Morgan fingerprint density at radius 3 is 2.39 bits per heavy atom. The Morgan fingerprint density at radius 1 is 0.951 bits per heavy atom. The lowest BCUT2D eigenvalue weighted by Crippen LogP contribution is -2.53. The smallest absolute Gasteiger partial charge is 0.194 e. The highest BCUT2D eigenvalue weighted by molar-refractivity contribution is 7.18. The van der Waals surface area contributed by atoms with Gasteiger partial charge in [0.1, 0.15) is 41.8 Å². The molecule has 1 aliphatic rings. The van der Waals surface area contributed by atoms with Crippen LogP contribution in [-0.2, 0) is 4.74 Å². The normalized spacial score (nSPS) is 23.0. The van der Waals surface area contributed by atoms with Crippen molar-refractivity contribution in [3.63, 3.8) is 0 Å². The average molecular weight is 591 g/mol. The molecule has 3 aromatic heterocycles. The summed E-state index contributed by atoms with van der Waals surface area (Å²) < 4.78 is 65.0. The first-order chi connectivity index (χ1) is 19.5. The molecule has 0 saturated carbocycles. The molecule has 4 heterocycles. The Balaban J connectivity index is 1.40. The number of hydrogen-bond donors (Lipinski definition) is 3. The van der Waals surface area contributed by atoms with Gasteiger partial charge >= 0.3 is 0 Å². The van der Waals surface area contributed by atoms with Crippen molar-refractivity contribution in [1.82, 2.24) is 29.5 Å². The minimum Gasteiger partial charge on any atom is -0.394 e. The van der Waals surface area contributed by atoms with E-state index in [1.54, 1.807) is 19.9 Å². The van der Waals surface area contributed by atoms with Crippen LogP contribution in [0.3, 0.4) is 0 Å². The van der Waals surface area contributed by atoms with Crippen LogP contribution in [0.1, 0.15) is 28.8 Å². The summed E-state index contributed by atoms with van der Waals surface area (Å²) in [5.41, 5.74) is 0.649. The Kier molecular flexibility index (Phi) is 6.86. The summed E-state index contributed by atoms with van der Waals surface area (Å²) in [5.74, 6) is -4.63. The van der Waals surface area contributed by atoms with Gasteiger partial charge in [-0.1, -0.05) is 0 Å². The fraction of sp³-hybridized carbons (Fsp3) is 0.308. The number of hydrogen-bond acceptors (Lipinski definition) is 9. The van der Waals surface area contributed by atoms with E-state index in [1.807, 2.05) is 0 Å². The zero-order valence-corrected chi connectivity index (χ0v) is 22.2. The highest BCUT2D eigenvalue weighted by Crippen LogP contribution is 2.39. The molecule has 6 rings (SSSR count). The van der Waals surface area contributed by atoms with Gasteiger partial charge in [-0.15, -0.1) is 11.3 Å². The predicted octanol–water partition coefficient (Wildman–Crippen LogP) is 3.31. The molecule has 3 N–H and O–H groups in total. The van der Waals surface area contributed by atoms with Crippen LogP contribution >= 0.6 is 11.3 Å². The van der Waals surface area contributed by atoms with Crippen LogP contribution in [0.5, 0.6) is 0 Å². The lowest BCUT2D eigenvalue weighted by molar-refractivity contribution is -0.210. The molecule has 0 spiro atoms. The first-order valence-corrected chi connectivity index (χ1v) is 13.2. The van der Waals surface area contributed by atoms with Crippen molar-refractivity contribution in [3.05, 3.63) is 76.6 Å². The minimum atomic E-state index is -1.62. The van der Waals surface area contributed by atoms with Crippen molar-refractivity contribution in [3.8, 4) is 16.8 Å². The number of fused-ring (bicyclic) bond motifs is 1. The van der Waals surface area contributed by atoms with Crippen molar-refractivity contribution >= 4 is 21.6 Å². The van der Waals surface area contributed by atoms with Gasteiger partial charge < -0.3 is 20.1 Å². The van der Waals surface area contributed by atoms with Gasteiger partial charge in [0.15, 0.2) is 29.1 Å². The molecule has 5 aromatic rings. The van der Waals surface area contributed by atoms with Crippen LogP contribution in [0.2, 0.25) is 0 Å². The molecule has 214 valence electrons. The third-order valence-electron chi connectivity index (χ3n) is 6.89. The van der Waals surface area contributed by atoms with E-state index in [-0.39, 0.29) is 34.0 Å². The first-order valence-electron chi connectivity index (χ1n) is 12.4. The molecular formula is C26H22F4N6O4S. The minimum absolute atomic E-state index is 0.0231. The summed E-state index contributed by atoms with van der Waals surface area (Å²) in [7, 11) is 0. The van der Waals surface area contributed by atoms with E-state index in [0.29, 0.717) is 9.71 Å². The molecule has 5 atom stereocenters. The molecular weight excluding hydrogens is 568 g/mol. The first kappa shape index (κ1) is 27.4. The van der Waals surface area contributed by atoms with Gasteiger partial charge in [0.05, 0.1) is 28.2 Å². The van der Waals surface area contributed by atoms with E-state index in [9.17, 15) is 32.9 Å². The monoisotopic (exact) mass is 590 g/mol. The van der Waals surface area contributed by atoms with Crippen LogP contribution < -0.4 is 0 Å². The van der Waals surface area contributed by atoms with Crippen LogP contribution in [0.15, 0.2) is 36.7 Å². The highest BCUT2D eigenvalue weighted by atomic mass is 32.1. The third kappa shape index (κ3) is 4.68. The van der Waals surface area contributed by atoms with Gasteiger partial charge in [0.25, 0.3) is 0 Å². The van der Waals surface area contributed by atoms with Crippen molar-refractivity contribution in [1.29, 1.82) is 0 Å². The largest absolute Gasteiger partial charge is 0.394 e. The molecule has 0 radical (unpaired) electrons. The second kappa shape index (κ2) is 10.3. The topological polar surface area (TPSA) is 131 Å². The Hall–Kier alpha value is -3.76. The zero-order chi connectivity index (χ0) is 29.2. The number of aryl methyl sites for hydroxylation is 2. The molecule has 2 aromatic carbocycles. The predicted molar refractivity (Wildman–Crippen MR) is 137 cm³/mol. The Bertz CT molecular complexity index is 1750. The van der Waals surface area contributed by atoms with Gasteiger partial charge in [-0.25, -0.2) is 32.2 Å². The third-order valence-corrected chi connectivity index (χ3v) is 7.81.